The van der Waals surface area contributed by atoms with E-state index in [4.69, 9.17) is 5.73 Å². The fraction of sp³-hybridized carbons (Fsp3) is 0.0769. The predicted molar refractivity (Wildman–Crippen MR) is 66.1 cm³/mol. The Morgan fingerprint density at radius 2 is 1.81 bits per heavy atom. The third kappa shape index (κ3) is 2.36. The minimum Gasteiger partial charge on any atom is -0.398 e. The predicted octanol–water partition coefficient (Wildman–Crippen LogP) is 3.87. The number of aryl methyl sites for hydroxylation is 1. The Kier molecular flexibility index (Phi) is 3.15. The quantitative estimate of drug-likeness (QED) is 0.797. The molecular weight excluding hydrogens is 221 g/mol. The first-order valence-electron chi connectivity index (χ1n) is 4.95. The summed E-state index contributed by atoms with van der Waals surface area (Å²) in [6.07, 6.45) is 0. The number of hydrogen-bond acceptors (Lipinski definition) is 2. The Labute approximate surface area is 98.5 Å². The van der Waals surface area contributed by atoms with Gasteiger partial charge < -0.3 is 5.73 Å². The van der Waals surface area contributed by atoms with Gasteiger partial charge in [0.05, 0.1) is 0 Å². The first kappa shape index (κ1) is 11.0. The average Bonchev–Trinajstić information content (AvgIpc) is 2.25. The van der Waals surface area contributed by atoms with E-state index in [1.54, 1.807) is 12.1 Å². The maximum Gasteiger partial charge on any atom is 0.137 e. The summed E-state index contributed by atoms with van der Waals surface area (Å²) in [6.45, 7) is 1.98. The van der Waals surface area contributed by atoms with Gasteiger partial charge in [-0.3, -0.25) is 0 Å². The zero-order valence-electron chi connectivity index (χ0n) is 8.91. The molecule has 0 heterocycles. The first-order chi connectivity index (χ1) is 7.66. The van der Waals surface area contributed by atoms with Crippen LogP contribution in [-0.2, 0) is 0 Å². The van der Waals surface area contributed by atoms with Crippen molar-refractivity contribution in [3.8, 4) is 0 Å². The molecule has 0 saturated carbocycles. The second-order valence-corrected chi connectivity index (χ2v) is 4.66. The summed E-state index contributed by atoms with van der Waals surface area (Å²) in [7, 11) is 0. The van der Waals surface area contributed by atoms with Gasteiger partial charge >= 0.3 is 0 Å². The van der Waals surface area contributed by atoms with Crippen LogP contribution in [0.2, 0.25) is 0 Å². The van der Waals surface area contributed by atoms with E-state index in [2.05, 4.69) is 0 Å². The summed E-state index contributed by atoms with van der Waals surface area (Å²) in [5.74, 6) is -0.215. The molecule has 0 aliphatic carbocycles. The Morgan fingerprint density at radius 3 is 2.50 bits per heavy atom. The van der Waals surface area contributed by atoms with Crippen LogP contribution in [0.3, 0.4) is 0 Å². The monoisotopic (exact) mass is 233 g/mol. The molecule has 0 atom stereocenters. The Balaban J connectivity index is 2.31. The van der Waals surface area contributed by atoms with E-state index >= 15 is 0 Å². The number of nitrogens with two attached hydrogens (primary N) is 1. The molecule has 2 N–H and O–H groups in total. The summed E-state index contributed by atoms with van der Waals surface area (Å²) in [6, 6.07) is 12.5. The molecule has 0 bridgehead atoms. The molecule has 0 unspecified atom stereocenters. The number of nitrogen functional groups attached to an aromatic ring is 1. The van der Waals surface area contributed by atoms with Gasteiger partial charge in [0.1, 0.15) is 5.82 Å². The smallest absolute Gasteiger partial charge is 0.137 e. The molecule has 0 aliphatic rings. The zero-order chi connectivity index (χ0) is 11.5. The van der Waals surface area contributed by atoms with Crippen LogP contribution in [0, 0.1) is 12.7 Å². The van der Waals surface area contributed by atoms with Crippen molar-refractivity contribution in [3.05, 3.63) is 53.8 Å². The highest BCUT2D eigenvalue weighted by Crippen LogP contribution is 2.33. The van der Waals surface area contributed by atoms with Crippen LogP contribution in [0.25, 0.3) is 0 Å². The lowest BCUT2D eigenvalue weighted by atomic mass is 10.2. The third-order valence-electron chi connectivity index (χ3n) is 2.22. The normalized spacial score (nSPS) is 10.4. The largest absolute Gasteiger partial charge is 0.398 e. The maximum absolute atomic E-state index is 13.4. The van der Waals surface area contributed by atoms with Crippen molar-refractivity contribution in [1.29, 1.82) is 0 Å². The van der Waals surface area contributed by atoms with Crippen LogP contribution in [0.1, 0.15) is 5.56 Å². The van der Waals surface area contributed by atoms with E-state index < -0.39 is 0 Å². The second-order valence-electron chi connectivity index (χ2n) is 3.57. The average molecular weight is 233 g/mol. The standard InChI is InChI=1S/C13H12FNS/c1-9-6-7-13(11(15)8-9)16-12-5-3-2-4-10(12)14/h2-8H,15H2,1H3. The lowest BCUT2D eigenvalue weighted by molar-refractivity contribution is 0.602. The van der Waals surface area contributed by atoms with Crippen molar-refractivity contribution in [2.75, 3.05) is 5.73 Å². The molecule has 82 valence electrons. The Hall–Kier alpha value is -1.48. The first-order valence-corrected chi connectivity index (χ1v) is 5.77. The molecule has 0 fully saturated rings. The topological polar surface area (TPSA) is 26.0 Å². The molecule has 0 saturated heterocycles. The van der Waals surface area contributed by atoms with Crippen LogP contribution in [0.5, 0.6) is 0 Å². The second kappa shape index (κ2) is 4.58. The van der Waals surface area contributed by atoms with Crippen LogP contribution >= 0.6 is 11.8 Å². The van der Waals surface area contributed by atoms with Gasteiger partial charge in [0.2, 0.25) is 0 Å². The van der Waals surface area contributed by atoms with Gasteiger partial charge in [-0.1, -0.05) is 30.0 Å². The SMILES string of the molecule is Cc1ccc(Sc2ccccc2F)c(N)c1. The van der Waals surface area contributed by atoms with Crippen molar-refractivity contribution in [2.24, 2.45) is 0 Å². The molecule has 0 amide bonds. The molecule has 1 nitrogen and oxygen atoms in total. The molecule has 2 aromatic rings. The van der Waals surface area contributed by atoms with Gasteiger partial charge in [0, 0.05) is 15.5 Å². The van der Waals surface area contributed by atoms with E-state index in [0.717, 1.165) is 10.5 Å². The minimum absolute atomic E-state index is 0.215. The number of hydrogen-bond donors (Lipinski definition) is 1. The number of rotatable bonds is 2. The molecule has 0 aliphatic heterocycles. The summed E-state index contributed by atoms with van der Waals surface area (Å²) in [5.41, 5.74) is 7.67. The Morgan fingerprint density at radius 1 is 1.06 bits per heavy atom. The lowest BCUT2D eigenvalue weighted by Crippen LogP contribution is -1.89. The molecule has 0 aromatic heterocycles. The van der Waals surface area contributed by atoms with Crippen molar-refractivity contribution in [2.45, 2.75) is 16.7 Å². The summed E-state index contributed by atoms with van der Waals surface area (Å²) in [5, 5.41) is 0. The van der Waals surface area contributed by atoms with E-state index in [1.165, 1.54) is 17.8 Å². The lowest BCUT2D eigenvalue weighted by Gasteiger charge is -2.06. The Bertz CT molecular complexity index is 511. The maximum atomic E-state index is 13.4. The number of anilines is 1. The van der Waals surface area contributed by atoms with E-state index in [1.807, 2.05) is 31.2 Å². The molecule has 0 spiro atoms. The fourth-order valence-corrected chi connectivity index (χ4v) is 2.27. The third-order valence-corrected chi connectivity index (χ3v) is 3.36. The highest BCUT2D eigenvalue weighted by Gasteiger charge is 2.05. The summed E-state index contributed by atoms with van der Waals surface area (Å²) < 4.78 is 13.4. The molecule has 0 radical (unpaired) electrons. The van der Waals surface area contributed by atoms with E-state index in [9.17, 15) is 4.39 Å². The van der Waals surface area contributed by atoms with Crippen LogP contribution in [0.15, 0.2) is 52.3 Å². The molecule has 16 heavy (non-hydrogen) atoms. The van der Waals surface area contributed by atoms with Crippen LogP contribution in [-0.4, -0.2) is 0 Å². The van der Waals surface area contributed by atoms with Gasteiger partial charge in [-0.25, -0.2) is 4.39 Å². The van der Waals surface area contributed by atoms with E-state index in [0.29, 0.717) is 10.6 Å². The number of benzene rings is 2. The minimum atomic E-state index is -0.215. The summed E-state index contributed by atoms with van der Waals surface area (Å²) in [4.78, 5) is 1.48. The summed E-state index contributed by atoms with van der Waals surface area (Å²) >= 11 is 1.35. The van der Waals surface area contributed by atoms with E-state index in [-0.39, 0.29) is 5.82 Å². The van der Waals surface area contributed by atoms with Crippen LogP contribution < -0.4 is 5.73 Å². The zero-order valence-corrected chi connectivity index (χ0v) is 9.72. The molecule has 2 aromatic carbocycles. The van der Waals surface area contributed by atoms with Gasteiger partial charge in [-0.2, -0.15) is 0 Å². The van der Waals surface area contributed by atoms with Gasteiger partial charge in [0.15, 0.2) is 0 Å². The van der Waals surface area contributed by atoms with Gasteiger partial charge in [-0.05, 0) is 36.8 Å². The van der Waals surface area contributed by atoms with Crippen molar-refractivity contribution in [1.82, 2.24) is 0 Å². The van der Waals surface area contributed by atoms with Crippen molar-refractivity contribution >= 4 is 17.4 Å². The van der Waals surface area contributed by atoms with Gasteiger partial charge in [-0.15, -0.1) is 0 Å². The number of halogens is 1. The molecule has 2 rings (SSSR count). The van der Waals surface area contributed by atoms with Crippen LogP contribution in [0.4, 0.5) is 10.1 Å². The molecular formula is C13H12FNS. The highest BCUT2D eigenvalue weighted by molar-refractivity contribution is 7.99. The molecule has 3 heteroatoms. The van der Waals surface area contributed by atoms with Crippen molar-refractivity contribution < 1.29 is 4.39 Å². The fourth-order valence-electron chi connectivity index (χ4n) is 1.41. The van der Waals surface area contributed by atoms with Gasteiger partial charge in [0.25, 0.3) is 0 Å². The van der Waals surface area contributed by atoms with Crippen molar-refractivity contribution in [3.63, 3.8) is 0 Å². The highest BCUT2D eigenvalue weighted by atomic mass is 32.2.